The Kier molecular flexibility index (Phi) is 3.69. The minimum Gasteiger partial charge on any atom is -0.382 e. The molecule has 10 heteroatoms. The van der Waals surface area contributed by atoms with E-state index in [9.17, 15) is 9.59 Å². The third-order valence-corrected chi connectivity index (χ3v) is 2.60. The Morgan fingerprint density at radius 1 is 1.14 bits per heavy atom. The number of H-pyrrole nitrogens is 1. The Morgan fingerprint density at radius 3 is 2.48 bits per heavy atom. The highest BCUT2D eigenvalue weighted by molar-refractivity contribution is 5.82. The molecule has 0 amide bonds. The average Bonchev–Trinajstić information content (AvgIpc) is 2.77. The number of nitrogen functional groups attached to an aromatic ring is 2. The molecule has 10 nitrogen and oxygen atoms in total. The topological polar surface area (TPSA) is 150 Å². The summed E-state index contributed by atoms with van der Waals surface area (Å²) in [6.07, 6.45) is 3.04. The number of anilines is 2. The van der Waals surface area contributed by atoms with Crippen LogP contribution in [0, 0.1) is 0 Å². The van der Waals surface area contributed by atoms with Crippen molar-refractivity contribution in [3.63, 3.8) is 0 Å². The lowest BCUT2D eigenvalue weighted by atomic mass is 10.5. The van der Waals surface area contributed by atoms with E-state index in [0.29, 0.717) is 17.0 Å². The van der Waals surface area contributed by atoms with Gasteiger partial charge in [-0.25, -0.2) is 9.78 Å². The van der Waals surface area contributed by atoms with Crippen molar-refractivity contribution >= 4 is 22.9 Å². The van der Waals surface area contributed by atoms with Gasteiger partial charge in [-0.2, -0.15) is 9.97 Å². The number of rotatable bonds is 0. The summed E-state index contributed by atoms with van der Waals surface area (Å²) in [5, 5.41) is 0. The van der Waals surface area contributed by atoms with Crippen LogP contribution in [0.25, 0.3) is 11.2 Å². The zero-order valence-corrected chi connectivity index (χ0v) is 11.4. The van der Waals surface area contributed by atoms with Crippen molar-refractivity contribution in [1.82, 2.24) is 29.1 Å². The Balaban J connectivity index is 0.000000161. The highest BCUT2D eigenvalue weighted by Crippen LogP contribution is 2.15. The highest BCUT2D eigenvalue weighted by atomic mass is 16.2. The maximum atomic E-state index is 10.5. The normalized spacial score (nSPS) is 10.2. The van der Waals surface area contributed by atoms with Gasteiger partial charge >= 0.3 is 5.69 Å². The van der Waals surface area contributed by atoms with Gasteiger partial charge in [-0.05, 0) is 0 Å². The minimum atomic E-state index is -0.387. The number of imidazole rings is 1. The number of nitrogens with two attached hydrogens (primary N) is 2. The van der Waals surface area contributed by atoms with E-state index in [1.165, 1.54) is 16.8 Å². The molecule has 110 valence electrons. The molecule has 3 rings (SSSR count). The van der Waals surface area contributed by atoms with E-state index < -0.39 is 0 Å². The first kappa shape index (κ1) is 14.2. The molecule has 0 aliphatic carbocycles. The number of nitrogens with zero attached hydrogens (tertiary/aromatic N) is 5. The molecule has 21 heavy (non-hydrogen) atoms. The molecule has 0 radical (unpaired) electrons. The van der Waals surface area contributed by atoms with E-state index in [2.05, 4.69) is 19.9 Å². The molecule has 0 aliphatic heterocycles. The second kappa shape index (κ2) is 5.45. The smallest absolute Gasteiger partial charge is 0.328 e. The number of nitrogens with one attached hydrogen (secondary N) is 1. The average molecular weight is 290 g/mol. The molecule has 0 atom stereocenters. The second-order valence-electron chi connectivity index (χ2n) is 4.22. The minimum absolute atomic E-state index is 0.170. The molecule has 0 unspecified atom stereocenters. The summed E-state index contributed by atoms with van der Waals surface area (Å²) in [7, 11) is 3.39. The van der Waals surface area contributed by atoms with E-state index in [4.69, 9.17) is 11.5 Å². The van der Waals surface area contributed by atoms with Crippen LogP contribution in [-0.4, -0.2) is 29.1 Å². The number of hydrogen-bond acceptors (Lipinski definition) is 7. The Hall–Kier alpha value is -3.17. The van der Waals surface area contributed by atoms with Crippen molar-refractivity contribution in [3.8, 4) is 0 Å². The third kappa shape index (κ3) is 3.05. The van der Waals surface area contributed by atoms with Crippen LogP contribution in [0.1, 0.15) is 0 Å². The summed E-state index contributed by atoms with van der Waals surface area (Å²) in [6, 6.07) is 1.29. The van der Waals surface area contributed by atoms with Crippen LogP contribution < -0.4 is 22.7 Å². The van der Waals surface area contributed by atoms with E-state index >= 15 is 0 Å². The first-order chi connectivity index (χ1) is 9.88. The van der Waals surface area contributed by atoms with Crippen LogP contribution in [-0.2, 0) is 14.1 Å². The van der Waals surface area contributed by atoms with Crippen LogP contribution in [0.5, 0.6) is 0 Å². The highest BCUT2D eigenvalue weighted by Gasteiger charge is 2.06. The third-order valence-electron chi connectivity index (χ3n) is 2.60. The van der Waals surface area contributed by atoms with Crippen molar-refractivity contribution in [1.29, 1.82) is 0 Å². The van der Waals surface area contributed by atoms with E-state index in [1.54, 1.807) is 17.9 Å². The predicted molar refractivity (Wildman–Crippen MR) is 77.4 cm³/mol. The molecule has 0 aromatic carbocycles. The molecule has 3 aromatic rings. The Labute approximate surface area is 118 Å². The van der Waals surface area contributed by atoms with Gasteiger partial charge in [0, 0.05) is 26.4 Å². The summed E-state index contributed by atoms with van der Waals surface area (Å²) < 4.78 is 3.03. The monoisotopic (exact) mass is 290 g/mol. The SMILES string of the molecule is Cn1ccc(=O)[nH]c1=O.Cn1cnc2c(N)nc(N)nc21. The first-order valence-corrected chi connectivity index (χ1v) is 5.84. The van der Waals surface area contributed by atoms with E-state index in [-0.39, 0.29) is 17.2 Å². The maximum absolute atomic E-state index is 10.5. The zero-order valence-electron chi connectivity index (χ0n) is 11.4. The fraction of sp³-hybridized carbons (Fsp3) is 0.182. The van der Waals surface area contributed by atoms with Gasteiger partial charge in [0.2, 0.25) is 5.95 Å². The number of aromatic amines is 1. The summed E-state index contributed by atoms with van der Waals surface area (Å²) in [4.78, 5) is 34.8. The lowest BCUT2D eigenvalue weighted by Gasteiger charge is -1.96. The molecule has 0 bridgehead atoms. The fourth-order valence-corrected chi connectivity index (χ4v) is 1.53. The predicted octanol–water partition coefficient (Wildman–Crippen LogP) is -1.40. The molecule has 0 saturated carbocycles. The van der Waals surface area contributed by atoms with Crippen molar-refractivity contribution in [2.45, 2.75) is 0 Å². The van der Waals surface area contributed by atoms with Crippen molar-refractivity contribution < 1.29 is 0 Å². The summed E-state index contributed by atoms with van der Waals surface area (Å²) in [5.74, 6) is 0.488. The van der Waals surface area contributed by atoms with Crippen molar-refractivity contribution in [2.24, 2.45) is 14.1 Å². The first-order valence-electron chi connectivity index (χ1n) is 5.84. The van der Waals surface area contributed by atoms with Crippen LogP contribution in [0.4, 0.5) is 11.8 Å². The maximum Gasteiger partial charge on any atom is 0.328 e. The number of hydrogen-bond donors (Lipinski definition) is 3. The molecule has 3 aromatic heterocycles. The summed E-state index contributed by atoms with van der Waals surface area (Å²) >= 11 is 0. The molecular weight excluding hydrogens is 276 g/mol. The lowest BCUT2D eigenvalue weighted by molar-refractivity contribution is 0.799. The second-order valence-corrected chi connectivity index (χ2v) is 4.22. The van der Waals surface area contributed by atoms with Gasteiger partial charge in [0.15, 0.2) is 11.5 Å². The van der Waals surface area contributed by atoms with Crippen LogP contribution >= 0.6 is 0 Å². The standard InChI is InChI=1S/C6H8N6.C5H6N2O2/c1-12-2-9-3-4(7)10-6(8)11-5(3)12;1-7-3-2-4(8)6-5(7)9/h2H,1H3,(H4,7,8,10,11);2-3H,1H3,(H,6,8,9). The number of aryl methyl sites for hydroxylation is 2. The largest absolute Gasteiger partial charge is 0.382 e. The Bertz CT molecular complexity index is 891. The number of aromatic nitrogens is 6. The van der Waals surface area contributed by atoms with Gasteiger partial charge in [-0.3, -0.25) is 9.78 Å². The van der Waals surface area contributed by atoms with E-state index in [1.807, 2.05) is 7.05 Å². The van der Waals surface area contributed by atoms with Gasteiger partial charge < -0.3 is 20.6 Å². The summed E-state index contributed by atoms with van der Waals surface area (Å²) in [5.41, 5.74) is 11.5. The van der Waals surface area contributed by atoms with Gasteiger partial charge in [-0.15, -0.1) is 0 Å². The summed E-state index contributed by atoms with van der Waals surface area (Å²) in [6.45, 7) is 0. The van der Waals surface area contributed by atoms with Crippen LogP contribution in [0.15, 0.2) is 28.2 Å². The van der Waals surface area contributed by atoms with E-state index in [0.717, 1.165) is 0 Å². The van der Waals surface area contributed by atoms with Crippen molar-refractivity contribution in [2.75, 3.05) is 11.5 Å². The molecule has 0 fully saturated rings. The van der Waals surface area contributed by atoms with Gasteiger partial charge in [0.1, 0.15) is 5.52 Å². The number of fused-ring (bicyclic) bond motifs is 1. The van der Waals surface area contributed by atoms with Crippen LogP contribution in [0.3, 0.4) is 0 Å². The molecular formula is C11H14N8O2. The molecule has 3 heterocycles. The van der Waals surface area contributed by atoms with Gasteiger partial charge in [-0.1, -0.05) is 0 Å². The van der Waals surface area contributed by atoms with Gasteiger partial charge in [0.25, 0.3) is 5.56 Å². The zero-order chi connectivity index (χ0) is 15.6. The molecule has 0 spiro atoms. The molecule has 5 N–H and O–H groups in total. The Morgan fingerprint density at radius 2 is 1.86 bits per heavy atom. The van der Waals surface area contributed by atoms with Crippen molar-refractivity contribution in [3.05, 3.63) is 39.4 Å². The molecule has 0 saturated heterocycles. The fourth-order valence-electron chi connectivity index (χ4n) is 1.53. The van der Waals surface area contributed by atoms with Crippen LogP contribution in [0.2, 0.25) is 0 Å². The lowest BCUT2D eigenvalue weighted by Crippen LogP contribution is -2.26. The molecule has 0 aliphatic rings. The van der Waals surface area contributed by atoms with Gasteiger partial charge in [0.05, 0.1) is 6.33 Å². The quantitative estimate of drug-likeness (QED) is 0.460.